The molecule has 0 saturated heterocycles. The summed E-state index contributed by atoms with van der Waals surface area (Å²) in [5.41, 5.74) is 1.13. The van der Waals surface area contributed by atoms with Crippen LogP contribution in [0.2, 0.25) is 0 Å². The number of carbonyl (C=O) groups excluding carboxylic acids is 1. The molecule has 20 heavy (non-hydrogen) atoms. The van der Waals surface area contributed by atoms with Crippen molar-refractivity contribution in [2.24, 2.45) is 4.99 Å². The molecule has 0 saturated carbocycles. The molecule has 1 aliphatic rings. The van der Waals surface area contributed by atoms with Crippen LogP contribution in [0.5, 0.6) is 0 Å². The van der Waals surface area contributed by atoms with E-state index in [1.165, 1.54) is 0 Å². The molecule has 0 aliphatic carbocycles. The first-order valence-corrected chi connectivity index (χ1v) is 6.56. The SMILES string of the molecule is CN(Cc1ccccc1)C(=O)CNC1=NCCCN1.I. The van der Waals surface area contributed by atoms with Crippen LogP contribution in [0.15, 0.2) is 35.3 Å². The lowest BCUT2D eigenvalue weighted by Crippen LogP contribution is -2.45. The normalized spacial score (nSPS) is 13.6. The molecule has 1 aromatic carbocycles. The van der Waals surface area contributed by atoms with Gasteiger partial charge in [-0.15, -0.1) is 24.0 Å². The third kappa shape index (κ3) is 5.36. The highest BCUT2D eigenvalue weighted by molar-refractivity contribution is 14.0. The number of aliphatic imine (C=N–C) groups is 1. The van der Waals surface area contributed by atoms with E-state index in [4.69, 9.17) is 0 Å². The number of benzene rings is 1. The maximum absolute atomic E-state index is 12.0. The van der Waals surface area contributed by atoms with Crippen LogP contribution < -0.4 is 10.6 Å². The Morgan fingerprint density at radius 3 is 2.80 bits per heavy atom. The summed E-state index contributed by atoms with van der Waals surface area (Å²) >= 11 is 0. The average Bonchev–Trinajstić information content (AvgIpc) is 2.47. The van der Waals surface area contributed by atoms with Crippen molar-refractivity contribution in [3.05, 3.63) is 35.9 Å². The van der Waals surface area contributed by atoms with Crippen molar-refractivity contribution < 1.29 is 4.79 Å². The highest BCUT2D eigenvalue weighted by Gasteiger charge is 2.10. The molecular formula is C14H21IN4O. The first-order valence-electron chi connectivity index (χ1n) is 6.56. The Morgan fingerprint density at radius 2 is 2.15 bits per heavy atom. The Balaban J connectivity index is 0.00000200. The number of carbonyl (C=O) groups is 1. The van der Waals surface area contributed by atoms with E-state index in [0.717, 1.165) is 31.0 Å². The van der Waals surface area contributed by atoms with Crippen LogP contribution in [-0.2, 0) is 11.3 Å². The molecule has 1 amide bonds. The maximum Gasteiger partial charge on any atom is 0.242 e. The fourth-order valence-electron chi connectivity index (χ4n) is 1.89. The second kappa shape index (κ2) is 8.78. The zero-order valence-electron chi connectivity index (χ0n) is 11.6. The van der Waals surface area contributed by atoms with Crippen molar-refractivity contribution in [1.82, 2.24) is 15.5 Å². The van der Waals surface area contributed by atoms with Gasteiger partial charge in [-0.2, -0.15) is 0 Å². The van der Waals surface area contributed by atoms with Gasteiger partial charge in [0, 0.05) is 26.7 Å². The van der Waals surface area contributed by atoms with Gasteiger partial charge in [0.2, 0.25) is 5.91 Å². The minimum atomic E-state index is 0. The monoisotopic (exact) mass is 388 g/mol. The van der Waals surface area contributed by atoms with Crippen LogP contribution in [0, 0.1) is 0 Å². The molecule has 0 fully saturated rings. The highest BCUT2D eigenvalue weighted by atomic mass is 127. The van der Waals surface area contributed by atoms with Crippen LogP contribution in [-0.4, -0.2) is 43.4 Å². The van der Waals surface area contributed by atoms with Gasteiger partial charge in [0.15, 0.2) is 5.96 Å². The molecule has 1 aromatic rings. The molecule has 2 N–H and O–H groups in total. The fourth-order valence-corrected chi connectivity index (χ4v) is 1.89. The number of hydrogen-bond donors (Lipinski definition) is 2. The van der Waals surface area contributed by atoms with E-state index in [1.807, 2.05) is 37.4 Å². The predicted molar refractivity (Wildman–Crippen MR) is 91.3 cm³/mol. The molecule has 0 aromatic heterocycles. The van der Waals surface area contributed by atoms with Crippen molar-refractivity contribution in [2.45, 2.75) is 13.0 Å². The number of rotatable bonds is 4. The average molecular weight is 388 g/mol. The van der Waals surface area contributed by atoms with Crippen LogP contribution in [0.1, 0.15) is 12.0 Å². The minimum Gasteiger partial charge on any atom is -0.356 e. The Morgan fingerprint density at radius 1 is 1.40 bits per heavy atom. The van der Waals surface area contributed by atoms with Crippen molar-refractivity contribution in [3.8, 4) is 0 Å². The van der Waals surface area contributed by atoms with Gasteiger partial charge in [-0.3, -0.25) is 9.79 Å². The molecular weight excluding hydrogens is 367 g/mol. The van der Waals surface area contributed by atoms with Crippen LogP contribution >= 0.6 is 24.0 Å². The number of likely N-dealkylation sites (N-methyl/N-ethyl adjacent to an activating group) is 1. The van der Waals surface area contributed by atoms with E-state index in [1.54, 1.807) is 4.90 Å². The summed E-state index contributed by atoms with van der Waals surface area (Å²) in [5.74, 6) is 0.784. The lowest BCUT2D eigenvalue weighted by Gasteiger charge is -2.20. The van der Waals surface area contributed by atoms with E-state index in [2.05, 4.69) is 15.6 Å². The molecule has 0 bridgehead atoms. The molecule has 6 heteroatoms. The van der Waals surface area contributed by atoms with Crippen molar-refractivity contribution in [1.29, 1.82) is 0 Å². The summed E-state index contributed by atoms with van der Waals surface area (Å²) < 4.78 is 0. The van der Waals surface area contributed by atoms with Gasteiger partial charge in [-0.05, 0) is 12.0 Å². The van der Waals surface area contributed by atoms with Gasteiger partial charge in [0.25, 0.3) is 0 Å². The van der Waals surface area contributed by atoms with E-state index in [9.17, 15) is 4.79 Å². The van der Waals surface area contributed by atoms with Crippen molar-refractivity contribution in [2.75, 3.05) is 26.7 Å². The summed E-state index contributed by atoms with van der Waals surface area (Å²) in [6.07, 6.45) is 1.05. The third-order valence-corrected chi connectivity index (χ3v) is 2.99. The molecule has 0 spiro atoms. The lowest BCUT2D eigenvalue weighted by molar-refractivity contribution is -0.129. The van der Waals surface area contributed by atoms with E-state index >= 15 is 0 Å². The smallest absolute Gasteiger partial charge is 0.242 e. The quantitative estimate of drug-likeness (QED) is 0.763. The third-order valence-electron chi connectivity index (χ3n) is 2.99. The summed E-state index contributed by atoms with van der Waals surface area (Å²) in [6.45, 7) is 2.64. The molecule has 5 nitrogen and oxygen atoms in total. The second-order valence-corrected chi connectivity index (χ2v) is 4.60. The van der Waals surface area contributed by atoms with Crippen LogP contribution in [0.3, 0.4) is 0 Å². The van der Waals surface area contributed by atoms with Crippen molar-refractivity contribution >= 4 is 35.8 Å². The summed E-state index contributed by atoms with van der Waals surface area (Å²) in [6, 6.07) is 9.97. The van der Waals surface area contributed by atoms with E-state index in [0.29, 0.717) is 6.54 Å². The lowest BCUT2D eigenvalue weighted by atomic mass is 10.2. The van der Waals surface area contributed by atoms with E-state index in [-0.39, 0.29) is 36.4 Å². The van der Waals surface area contributed by atoms with Gasteiger partial charge in [-0.1, -0.05) is 30.3 Å². The Labute approximate surface area is 136 Å². The summed E-state index contributed by atoms with van der Waals surface area (Å²) in [5, 5.41) is 6.17. The molecule has 110 valence electrons. The van der Waals surface area contributed by atoms with Gasteiger partial charge >= 0.3 is 0 Å². The number of nitrogens with one attached hydrogen (secondary N) is 2. The largest absolute Gasteiger partial charge is 0.356 e. The number of halogens is 1. The van der Waals surface area contributed by atoms with Gasteiger partial charge in [-0.25, -0.2) is 0 Å². The highest BCUT2D eigenvalue weighted by Crippen LogP contribution is 2.02. The van der Waals surface area contributed by atoms with E-state index < -0.39 is 0 Å². The zero-order chi connectivity index (χ0) is 13.5. The molecule has 0 radical (unpaired) electrons. The first-order chi connectivity index (χ1) is 9.25. The minimum absolute atomic E-state index is 0. The van der Waals surface area contributed by atoms with Gasteiger partial charge in [0.05, 0.1) is 6.54 Å². The second-order valence-electron chi connectivity index (χ2n) is 4.60. The maximum atomic E-state index is 12.0. The van der Waals surface area contributed by atoms with Crippen molar-refractivity contribution in [3.63, 3.8) is 0 Å². The standard InChI is InChI=1S/C14H20N4O.HI/c1-18(11-12-6-3-2-4-7-12)13(19)10-17-14-15-8-5-9-16-14;/h2-4,6-7H,5,8-11H2,1H3,(H2,15,16,17);1H. The number of guanidine groups is 1. The van der Waals surface area contributed by atoms with Crippen LogP contribution in [0.4, 0.5) is 0 Å². The van der Waals surface area contributed by atoms with Crippen LogP contribution in [0.25, 0.3) is 0 Å². The van der Waals surface area contributed by atoms with Gasteiger partial charge in [0.1, 0.15) is 0 Å². The number of amides is 1. The number of hydrogen-bond acceptors (Lipinski definition) is 4. The summed E-state index contributed by atoms with van der Waals surface area (Å²) in [4.78, 5) is 18.0. The molecule has 1 aliphatic heterocycles. The Hall–Kier alpha value is -1.31. The zero-order valence-corrected chi connectivity index (χ0v) is 14.0. The molecule has 2 rings (SSSR count). The predicted octanol–water partition coefficient (Wildman–Crippen LogP) is 1.20. The molecule has 1 heterocycles. The van der Waals surface area contributed by atoms with Gasteiger partial charge < -0.3 is 15.5 Å². The topological polar surface area (TPSA) is 56.7 Å². The fraction of sp³-hybridized carbons (Fsp3) is 0.429. The Bertz CT molecular complexity index is 450. The molecule has 0 unspecified atom stereocenters. The summed E-state index contributed by atoms with van der Waals surface area (Å²) in [7, 11) is 1.81. The number of nitrogens with zero attached hydrogens (tertiary/aromatic N) is 2. The molecule has 0 atom stereocenters. The first kappa shape index (κ1) is 16.7. The Kier molecular flexibility index (Phi) is 7.35.